The summed E-state index contributed by atoms with van der Waals surface area (Å²) in [5, 5.41) is 0. The second-order valence-corrected chi connectivity index (χ2v) is 4.84. The van der Waals surface area contributed by atoms with Gasteiger partial charge in [0, 0.05) is 22.9 Å². The van der Waals surface area contributed by atoms with E-state index in [9.17, 15) is 0 Å². The maximum atomic E-state index is 4.32. The van der Waals surface area contributed by atoms with Crippen LogP contribution in [0.4, 0.5) is 0 Å². The summed E-state index contributed by atoms with van der Waals surface area (Å²) in [4.78, 5) is 9.61. The van der Waals surface area contributed by atoms with Gasteiger partial charge in [-0.1, -0.05) is 18.2 Å². The van der Waals surface area contributed by atoms with E-state index in [2.05, 4.69) is 26.4 Å². The number of aromatic nitrogens is 2. The summed E-state index contributed by atoms with van der Waals surface area (Å²) in [6, 6.07) is 8.21. The summed E-state index contributed by atoms with van der Waals surface area (Å²) in [5.74, 6) is 0. The fraction of sp³-hybridized carbons (Fsp3) is 0.167. The molecule has 0 aliphatic carbocycles. The highest BCUT2D eigenvalue weighted by Gasteiger charge is 2.06. The van der Waals surface area contributed by atoms with Crippen LogP contribution in [0.25, 0.3) is 11.3 Å². The highest BCUT2D eigenvalue weighted by Crippen LogP contribution is 2.30. The highest BCUT2D eigenvalue weighted by molar-refractivity contribution is 7.97. The van der Waals surface area contributed by atoms with Gasteiger partial charge in [0.1, 0.15) is 0 Å². The number of benzene rings is 1. The van der Waals surface area contributed by atoms with Crippen molar-refractivity contribution in [3.05, 3.63) is 42.9 Å². The Morgan fingerprint density at radius 3 is 2.62 bits per heavy atom. The molecule has 0 fully saturated rings. The average molecular weight is 231 g/mol. The molecule has 0 unspecified atom stereocenters. The fourth-order valence-electron chi connectivity index (χ4n) is 1.39. The van der Waals surface area contributed by atoms with Crippen LogP contribution in [-0.4, -0.2) is 28.4 Å². The van der Waals surface area contributed by atoms with Crippen molar-refractivity contribution in [2.45, 2.75) is 4.90 Å². The summed E-state index contributed by atoms with van der Waals surface area (Å²) in [5.41, 5.74) is 2.03. The van der Waals surface area contributed by atoms with E-state index in [0.717, 1.165) is 11.3 Å². The standard InChI is InChI=1S/C12H13N3S/c1-15(2)16-12-6-4-3-5-10(12)11-9-13-7-8-14-11/h3-9H,1-2H3. The molecule has 0 saturated heterocycles. The third kappa shape index (κ3) is 2.59. The Labute approximate surface area is 99.7 Å². The van der Waals surface area contributed by atoms with Gasteiger partial charge in [0.15, 0.2) is 0 Å². The molecular weight excluding hydrogens is 218 g/mol. The molecule has 4 heteroatoms. The first-order valence-corrected chi connectivity index (χ1v) is 5.75. The van der Waals surface area contributed by atoms with E-state index in [0.29, 0.717) is 0 Å². The lowest BCUT2D eigenvalue weighted by molar-refractivity contribution is 0.703. The predicted octanol–water partition coefficient (Wildman–Crippen LogP) is 2.71. The van der Waals surface area contributed by atoms with Gasteiger partial charge in [0.2, 0.25) is 0 Å². The van der Waals surface area contributed by atoms with Crippen LogP contribution in [-0.2, 0) is 0 Å². The Morgan fingerprint density at radius 1 is 1.12 bits per heavy atom. The van der Waals surface area contributed by atoms with Crippen LogP contribution in [0.2, 0.25) is 0 Å². The molecule has 0 amide bonds. The molecule has 0 saturated carbocycles. The Bertz CT molecular complexity index is 457. The van der Waals surface area contributed by atoms with Crippen LogP contribution in [0.5, 0.6) is 0 Å². The number of rotatable bonds is 3. The molecule has 2 rings (SSSR count). The minimum absolute atomic E-state index is 0.910. The van der Waals surface area contributed by atoms with Crippen molar-refractivity contribution in [3.63, 3.8) is 0 Å². The maximum Gasteiger partial charge on any atom is 0.0896 e. The molecule has 0 aliphatic rings. The van der Waals surface area contributed by atoms with Gasteiger partial charge in [0.05, 0.1) is 11.9 Å². The van der Waals surface area contributed by atoms with Gasteiger partial charge in [-0.2, -0.15) is 0 Å². The molecule has 0 aliphatic heterocycles. The Hall–Kier alpha value is -1.39. The summed E-state index contributed by atoms with van der Waals surface area (Å²) in [6.07, 6.45) is 5.19. The number of hydrogen-bond acceptors (Lipinski definition) is 4. The first kappa shape index (κ1) is 11.1. The molecule has 0 atom stereocenters. The van der Waals surface area contributed by atoms with E-state index >= 15 is 0 Å². The molecular formula is C12H13N3S. The molecule has 0 spiro atoms. The van der Waals surface area contributed by atoms with Gasteiger partial charge in [-0.05, 0) is 32.1 Å². The third-order valence-electron chi connectivity index (χ3n) is 2.01. The Balaban J connectivity index is 2.41. The molecule has 1 aromatic carbocycles. The minimum atomic E-state index is 0.910. The summed E-state index contributed by atoms with van der Waals surface area (Å²) in [7, 11) is 4.05. The van der Waals surface area contributed by atoms with Crippen LogP contribution in [0, 0.1) is 0 Å². The monoisotopic (exact) mass is 231 g/mol. The largest absolute Gasteiger partial charge is 0.261 e. The van der Waals surface area contributed by atoms with Gasteiger partial charge in [-0.15, -0.1) is 0 Å². The second kappa shape index (κ2) is 5.09. The van der Waals surface area contributed by atoms with E-state index in [1.54, 1.807) is 30.5 Å². The van der Waals surface area contributed by atoms with Crippen molar-refractivity contribution >= 4 is 11.9 Å². The quantitative estimate of drug-likeness (QED) is 0.759. The van der Waals surface area contributed by atoms with Gasteiger partial charge in [-0.3, -0.25) is 14.3 Å². The van der Waals surface area contributed by atoms with Crippen LogP contribution in [0.1, 0.15) is 0 Å². The zero-order valence-electron chi connectivity index (χ0n) is 9.29. The van der Waals surface area contributed by atoms with Crippen molar-refractivity contribution in [3.8, 4) is 11.3 Å². The molecule has 1 heterocycles. The second-order valence-electron chi connectivity index (χ2n) is 3.49. The van der Waals surface area contributed by atoms with E-state index in [4.69, 9.17) is 0 Å². The first-order chi connectivity index (χ1) is 7.77. The van der Waals surface area contributed by atoms with E-state index in [-0.39, 0.29) is 0 Å². The molecule has 0 bridgehead atoms. The zero-order valence-corrected chi connectivity index (χ0v) is 10.1. The first-order valence-electron chi connectivity index (χ1n) is 4.98. The van der Waals surface area contributed by atoms with Gasteiger partial charge >= 0.3 is 0 Å². The van der Waals surface area contributed by atoms with Crippen LogP contribution in [0.15, 0.2) is 47.8 Å². The summed E-state index contributed by atoms with van der Waals surface area (Å²) in [6.45, 7) is 0. The van der Waals surface area contributed by atoms with Crippen LogP contribution >= 0.6 is 11.9 Å². The Kier molecular flexibility index (Phi) is 3.54. The SMILES string of the molecule is CN(C)Sc1ccccc1-c1cnccn1. The smallest absolute Gasteiger partial charge is 0.0896 e. The lowest BCUT2D eigenvalue weighted by Crippen LogP contribution is -1.99. The molecule has 16 heavy (non-hydrogen) atoms. The van der Waals surface area contributed by atoms with Gasteiger partial charge in [-0.25, -0.2) is 0 Å². The topological polar surface area (TPSA) is 29.0 Å². The zero-order chi connectivity index (χ0) is 11.4. The minimum Gasteiger partial charge on any atom is -0.261 e. The Morgan fingerprint density at radius 2 is 1.94 bits per heavy atom. The van der Waals surface area contributed by atoms with Crippen LogP contribution in [0.3, 0.4) is 0 Å². The van der Waals surface area contributed by atoms with Crippen molar-refractivity contribution in [1.29, 1.82) is 0 Å². The van der Waals surface area contributed by atoms with E-state index in [1.165, 1.54) is 4.90 Å². The summed E-state index contributed by atoms with van der Waals surface area (Å²) >= 11 is 1.69. The average Bonchev–Trinajstić information content (AvgIpc) is 2.30. The van der Waals surface area contributed by atoms with Crippen molar-refractivity contribution < 1.29 is 0 Å². The third-order valence-corrected chi connectivity index (χ3v) is 2.92. The molecule has 82 valence electrons. The molecule has 0 radical (unpaired) electrons. The summed E-state index contributed by atoms with van der Waals surface area (Å²) < 4.78 is 2.06. The predicted molar refractivity (Wildman–Crippen MR) is 67.0 cm³/mol. The van der Waals surface area contributed by atoms with Crippen molar-refractivity contribution in [2.75, 3.05) is 14.1 Å². The number of nitrogens with zero attached hydrogens (tertiary/aromatic N) is 3. The molecule has 0 N–H and O–H groups in total. The highest BCUT2D eigenvalue weighted by atomic mass is 32.2. The number of hydrogen-bond donors (Lipinski definition) is 0. The van der Waals surface area contributed by atoms with Gasteiger partial charge < -0.3 is 0 Å². The van der Waals surface area contributed by atoms with Crippen LogP contribution < -0.4 is 0 Å². The molecule has 1 aromatic heterocycles. The molecule has 2 aromatic rings. The van der Waals surface area contributed by atoms with Gasteiger partial charge in [0.25, 0.3) is 0 Å². The van der Waals surface area contributed by atoms with Crippen molar-refractivity contribution in [1.82, 2.24) is 14.3 Å². The lowest BCUT2D eigenvalue weighted by atomic mass is 10.2. The van der Waals surface area contributed by atoms with E-state index < -0.39 is 0 Å². The van der Waals surface area contributed by atoms with Crippen molar-refractivity contribution in [2.24, 2.45) is 0 Å². The maximum absolute atomic E-state index is 4.32. The molecule has 3 nitrogen and oxygen atoms in total. The normalized spacial score (nSPS) is 10.7. The fourth-order valence-corrected chi connectivity index (χ4v) is 2.20. The lowest BCUT2D eigenvalue weighted by Gasteiger charge is -2.12. The van der Waals surface area contributed by atoms with E-state index in [1.807, 2.05) is 26.2 Å².